The molecule has 0 aliphatic carbocycles. The van der Waals surface area contributed by atoms with Crippen LogP contribution in [0.25, 0.3) is 0 Å². The second kappa shape index (κ2) is 5.64. The van der Waals surface area contributed by atoms with E-state index in [1.54, 1.807) is 13.2 Å². The standard InChI is InChI=1S/C12H16N4O3/c1-13-11(17)9-4-3-5-16(9)10-7-14-6-8(15-10)12(18)19-2/h6-7,9H,3-5H2,1-2H3,(H,13,17). The topological polar surface area (TPSA) is 84.4 Å². The van der Waals surface area contributed by atoms with E-state index in [1.807, 2.05) is 4.90 Å². The fourth-order valence-corrected chi connectivity index (χ4v) is 2.18. The minimum Gasteiger partial charge on any atom is -0.464 e. The first-order chi connectivity index (χ1) is 9.17. The molecule has 2 rings (SSSR count). The van der Waals surface area contributed by atoms with E-state index >= 15 is 0 Å². The van der Waals surface area contributed by atoms with Crippen LogP contribution in [0.2, 0.25) is 0 Å². The number of hydrogen-bond acceptors (Lipinski definition) is 6. The summed E-state index contributed by atoms with van der Waals surface area (Å²) in [7, 11) is 2.90. The van der Waals surface area contributed by atoms with Crippen molar-refractivity contribution in [3.8, 4) is 0 Å². The van der Waals surface area contributed by atoms with Crippen LogP contribution in [0.1, 0.15) is 23.3 Å². The molecular formula is C12H16N4O3. The van der Waals surface area contributed by atoms with Gasteiger partial charge in [0.25, 0.3) is 0 Å². The van der Waals surface area contributed by atoms with Gasteiger partial charge in [-0.15, -0.1) is 0 Å². The van der Waals surface area contributed by atoms with E-state index in [4.69, 9.17) is 0 Å². The van der Waals surface area contributed by atoms with Crippen molar-refractivity contribution in [1.82, 2.24) is 15.3 Å². The second-order valence-electron chi connectivity index (χ2n) is 4.22. The Hall–Kier alpha value is -2.18. The van der Waals surface area contributed by atoms with Crippen LogP contribution in [-0.4, -0.2) is 48.6 Å². The van der Waals surface area contributed by atoms with Crippen molar-refractivity contribution in [2.45, 2.75) is 18.9 Å². The number of esters is 1. The molecule has 0 saturated carbocycles. The highest BCUT2D eigenvalue weighted by Crippen LogP contribution is 2.23. The quantitative estimate of drug-likeness (QED) is 0.772. The Labute approximate surface area is 111 Å². The summed E-state index contributed by atoms with van der Waals surface area (Å²) in [4.78, 5) is 33.3. The van der Waals surface area contributed by atoms with Gasteiger partial charge in [-0.25, -0.2) is 9.78 Å². The van der Waals surface area contributed by atoms with Gasteiger partial charge in [0.15, 0.2) is 5.69 Å². The van der Waals surface area contributed by atoms with Crippen molar-refractivity contribution in [3.05, 3.63) is 18.1 Å². The summed E-state index contributed by atoms with van der Waals surface area (Å²) in [6.45, 7) is 0.720. The van der Waals surface area contributed by atoms with Crippen LogP contribution in [0, 0.1) is 0 Å². The summed E-state index contributed by atoms with van der Waals surface area (Å²) in [5.41, 5.74) is 0.141. The Kier molecular flexibility index (Phi) is 3.94. The molecule has 2 heterocycles. The number of nitrogens with zero attached hydrogens (tertiary/aromatic N) is 3. The van der Waals surface area contributed by atoms with E-state index in [1.165, 1.54) is 13.3 Å². The molecule has 0 radical (unpaired) electrons. The number of aromatic nitrogens is 2. The van der Waals surface area contributed by atoms with Crippen LogP contribution < -0.4 is 10.2 Å². The molecule has 1 unspecified atom stereocenters. The molecule has 1 amide bonds. The zero-order valence-electron chi connectivity index (χ0n) is 10.9. The van der Waals surface area contributed by atoms with Crippen LogP contribution in [0.3, 0.4) is 0 Å². The molecule has 1 fully saturated rings. The maximum atomic E-state index is 11.8. The summed E-state index contributed by atoms with van der Waals surface area (Å²) in [6, 6.07) is -0.257. The van der Waals surface area contributed by atoms with Gasteiger partial charge < -0.3 is 15.0 Å². The smallest absolute Gasteiger partial charge is 0.358 e. The SMILES string of the molecule is CNC(=O)C1CCCN1c1cncc(C(=O)OC)n1. The molecule has 102 valence electrons. The van der Waals surface area contributed by atoms with Crippen LogP contribution in [-0.2, 0) is 9.53 Å². The molecule has 1 aromatic heterocycles. The predicted octanol–water partition coefficient (Wildman–Crippen LogP) is -0.0220. The molecule has 1 aromatic rings. The molecule has 1 N–H and O–H groups in total. The summed E-state index contributed by atoms with van der Waals surface area (Å²) in [5.74, 6) is -0.0678. The zero-order valence-corrected chi connectivity index (χ0v) is 10.9. The normalized spacial score (nSPS) is 18.2. The highest BCUT2D eigenvalue weighted by Gasteiger charge is 2.31. The van der Waals surface area contributed by atoms with Crippen molar-refractivity contribution in [2.75, 3.05) is 25.6 Å². The van der Waals surface area contributed by atoms with Gasteiger partial charge >= 0.3 is 5.97 Å². The van der Waals surface area contributed by atoms with Gasteiger partial charge in [0, 0.05) is 13.6 Å². The first kappa shape index (κ1) is 13.3. The zero-order chi connectivity index (χ0) is 13.8. The number of carbonyl (C=O) groups excluding carboxylic acids is 2. The maximum absolute atomic E-state index is 11.8. The van der Waals surface area contributed by atoms with Crippen LogP contribution in [0.4, 0.5) is 5.82 Å². The van der Waals surface area contributed by atoms with Gasteiger partial charge in [-0.2, -0.15) is 0 Å². The molecular weight excluding hydrogens is 248 g/mol. The number of methoxy groups -OCH3 is 1. The number of nitrogens with one attached hydrogen (secondary N) is 1. The minimum atomic E-state index is -0.537. The fraction of sp³-hybridized carbons (Fsp3) is 0.500. The van der Waals surface area contributed by atoms with E-state index in [0.29, 0.717) is 5.82 Å². The summed E-state index contributed by atoms with van der Waals surface area (Å²) in [5, 5.41) is 2.63. The molecule has 0 bridgehead atoms. The average molecular weight is 264 g/mol. The lowest BCUT2D eigenvalue weighted by Gasteiger charge is -2.24. The molecule has 1 atom stereocenters. The van der Waals surface area contributed by atoms with E-state index in [9.17, 15) is 9.59 Å². The number of likely N-dealkylation sites (N-methyl/N-ethyl adjacent to an activating group) is 1. The number of amides is 1. The highest BCUT2D eigenvalue weighted by atomic mass is 16.5. The third-order valence-corrected chi connectivity index (χ3v) is 3.11. The lowest BCUT2D eigenvalue weighted by atomic mass is 10.2. The molecule has 7 heteroatoms. The third-order valence-electron chi connectivity index (χ3n) is 3.11. The molecule has 0 aromatic carbocycles. The first-order valence-corrected chi connectivity index (χ1v) is 6.06. The number of hydrogen-bond donors (Lipinski definition) is 1. The van der Waals surface area contributed by atoms with Gasteiger partial charge in [-0.05, 0) is 12.8 Å². The van der Waals surface area contributed by atoms with Crippen LogP contribution in [0.5, 0.6) is 0 Å². The summed E-state index contributed by atoms with van der Waals surface area (Å²) >= 11 is 0. The Bertz CT molecular complexity index is 492. The van der Waals surface area contributed by atoms with Crippen LogP contribution >= 0.6 is 0 Å². The molecule has 7 nitrogen and oxygen atoms in total. The van der Waals surface area contributed by atoms with Gasteiger partial charge in [-0.3, -0.25) is 9.78 Å². The molecule has 1 saturated heterocycles. The van der Waals surface area contributed by atoms with Crippen molar-refractivity contribution >= 4 is 17.7 Å². The average Bonchev–Trinajstić information content (AvgIpc) is 2.95. The predicted molar refractivity (Wildman–Crippen MR) is 67.8 cm³/mol. The van der Waals surface area contributed by atoms with Crippen molar-refractivity contribution in [3.63, 3.8) is 0 Å². The lowest BCUT2D eigenvalue weighted by molar-refractivity contribution is -0.121. The number of carbonyl (C=O) groups is 2. The number of ether oxygens (including phenoxy) is 1. The minimum absolute atomic E-state index is 0.0530. The Morgan fingerprint density at radius 2 is 2.26 bits per heavy atom. The van der Waals surface area contributed by atoms with Gasteiger partial charge in [0.2, 0.25) is 5.91 Å². The second-order valence-corrected chi connectivity index (χ2v) is 4.22. The largest absolute Gasteiger partial charge is 0.464 e. The van der Waals surface area contributed by atoms with E-state index in [0.717, 1.165) is 19.4 Å². The van der Waals surface area contributed by atoms with Gasteiger partial charge in [-0.1, -0.05) is 0 Å². The number of anilines is 1. The van der Waals surface area contributed by atoms with Crippen molar-refractivity contribution in [2.24, 2.45) is 0 Å². The molecule has 1 aliphatic rings. The lowest BCUT2D eigenvalue weighted by Crippen LogP contribution is -2.42. The Morgan fingerprint density at radius 3 is 2.95 bits per heavy atom. The highest BCUT2D eigenvalue weighted by molar-refractivity contribution is 5.88. The van der Waals surface area contributed by atoms with Crippen molar-refractivity contribution in [1.29, 1.82) is 0 Å². The van der Waals surface area contributed by atoms with E-state index in [-0.39, 0.29) is 17.6 Å². The Morgan fingerprint density at radius 1 is 1.47 bits per heavy atom. The van der Waals surface area contributed by atoms with Gasteiger partial charge in [0.05, 0.1) is 19.5 Å². The van der Waals surface area contributed by atoms with E-state index < -0.39 is 5.97 Å². The third kappa shape index (κ3) is 2.64. The Balaban J connectivity index is 2.26. The number of rotatable bonds is 3. The summed E-state index contributed by atoms with van der Waals surface area (Å²) < 4.78 is 4.61. The summed E-state index contributed by atoms with van der Waals surface area (Å²) in [6.07, 6.45) is 4.57. The van der Waals surface area contributed by atoms with Crippen molar-refractivity contribution < 1.29 is 14.3 Å². The van der Waals surface area contributed by atoms with E-state index in [2.05, 4.69) is 20.0 Å². The molecule has 19 heavy (non-hydrogen) atoms. The van der Waals surface area contributed by atoms with Gasteiger partial charge in [0.1, 0.15) is 11.9 Å². The van der Waals surface area contributed by atoms with Crippen LogP contribution in [0.15, 0.2) is 12.4 Å². The maximum Gasteiger partial charge on any atom is 0.358 e. The monoisotopic (exact) mass is 264 g/mol. The fourth-order valence-electron chi connectivity index (χ4n) is 2.18. The molecule has 0 spiro atoms. The molecule has 1 aliphatic heterocycles. The first-order valence-electron chi connectivity index (χ1n) is 6.06.